The Morgan fingerprint density at radius 2 is 1.67 bits per heavy atom. The zero-order valence-corrected chi connectivity index (χ0v) is 16.3. The van der Waals surface area contributed by atoms with Crippen LogP contribution in [0.25, 0.3) is 11.3 Å². The van der Waals surface area contributed by atoms with Gasteiger partial charge in [0.2, 0.25) is 10.0 Å². The molecule has 0 amide bonds. The van der Waals surface area contributed by atoms with Crippen LogP contribution in [0.4, 0.5) is 0 Å². The van der Waals surface area contributed by atoms with Gasteiger partial charge in [0.05, 0.1) is 17.3 Å². The van der Waals surface area contributed by atoms with Crippen molar-refractivity contribution in [3.63, 3.8) is 0 Å². The Kier molecular flexibility index (Phi) is 5.96. The van der Waals surface area contributed by atoms with Crippen molar-refractivity contribution >= 4 is 33.2 Å². The predicted octanol–water partition coefficient (Wildman–Crippen LogP) is 3.20. The maximum atomic E-state index is 12.3. The molecule has 6 nitrogen and oxygen atoms in total. The lowest BCUT2D eigenvalue weighted by Crippen LogP contribution is -2.32. The normalized spacial score (nSPS) is 11.5. The van der Waals surface area contributed by atoms with Crippen LogP contribution in [0, 0.1) is 0 Å². The van der Waals surface area contributed by atoms with E-state index in [0.717, 1.165) is 5.56 Å². The van der Waals surface area contributed by atoms with Crippen LogP contribution in [0.5, 0.6) is 0 Å². The maximum Gasteiger partial charge on any atom is 0.266 e. The minimum Gasteiger partial charge on any atom is -0.268 e. The number of sulfonamides is 1. The Morgan fingerprint density at radius 3 is 2.37 bits per heavy atom. The molecular formula is C18H15Cl2N3O3S. The summed E-state index contributed by atoms with van der Waals surface area (Å²) in [6, 6.07) is 16.2. The van der Waals surface area contributed by atoms with Crippen LogP contribution >= 0.6 is 23.2 Å². The van der Waals surface area contributed by atoms with Gasteiger partial charge in [0.15, 0.2) is 0 Å². The van der Waals surface area contributed by atoms with Crippen molar-refractivity contribution in [3.05, 3.63) is 81.1 Å². The number of nitrogens with one attached hydrogen (secondary N) is 1. The first-order valence-electron chi connectivity index (χ1n) is 7.95. The van der Waals surface area contributed by atoms with Crippen LogP contribution in [0.2, 0.25) is 10.0 Å². The Hall–Kier alpha value is -2.19. The van der Waals surface area contributed by atoms with Crippen molar-refractivity contribution in [1.29, 1.82) is 0 Å². The van der Waals surface area contributed by atoms with E-state index in [9.17, 15) is 13.2 Å². The van der Waals surface area contributed by atoms with Gasteiger partial charge in [-0.05, 0) is 30.3 Å². The molecule has 2 aromatic carbocycles. The smallest absolute Gasteiger partial charge is 0.266 e. The molecule has 3 aromatic rings. The van der Waals surface area contributed by atoms with Crippen LogP contribution < -0.4 is 10.3 Å². The van der Waals surface area contributed by atoms with Gasteiger partial charge >= 0.3 is 0 Å². The largest absolute Gasteiger partial charge is 0.268 e. The summed E-state index contributed by atoms with van der Waals surface area (Å²) in [4.78, 5) is 12.0. The number of hydrogen-bond donors (Lipinski definition) is 1. The summed E-state index contributed by atoms with van der Waals surface area (Å²) in [5.74, 6) is 0. The summed E-state index contributed by atoms with van der Waals surface area (Å²) in [5.41, 5.74) is 1.05. The van der Waals surface area contributed by atoms with Gasteiger partial charge in [-0.3, -0.25) is 4.79 Å². The Morgan fingerprint density at radius 1 is 0.963 bits per heavy atom. The molecule has 0 atom stereocenters. The van der Waals surface area contributed by atoms with Crippen molar-refractivity contribution in [2.45, 2.75) is 11.4 Å². The molecule has 140 valence electrons. The van der Waals surface area contributed by atoms with Gasteiger partial charge < -0.3 is 0 Å². The maximum absolute atomic E-state index is 12.3. The van der Waals surface area contributed by atoms with E-state index < -0.39 is 10.0 Å². The van der Waals surface area contributed by atoms with Crippen molar-refractivity contribution in [3.8, 4) is 11.3 Å². The SMILES string of the molecule is O=c1ccc(-c2ccc(Cl)cc2)nn1CCNS(=O)(=O)c1ccccc1Cl. The average Bonchev–Trinajstić information content (AvgIpc) is 2.64. The number of halogens is 2. The van der Waals surface area contributed by atoms with Crippen molar-refractivity contribution in [2.24, 2.45) is 0 Å². The molecule has 0 saturated carbocycles. The van der Waals surface area contributed by atoms with Crippen molar-refractivity contribution < 1.29 is 8.42 Å². The third-order valence-electron chi connectivity index (χ3n) is 3.75. The molecule has 1 heterocycles. The van der Waals surface area contributed by atoms with E-state index >= 15 is 0 Å². The molecule has 0 bridgehead atoms. The lowest BCUT2D eigenvalue weighted by molar-refractivity contribution is 0.549. The highest BCUT2D eigenvalue weighted by Gasteiger charge is 2.16. The lowest BCUT2D eigenvalue weighted by Gasteiger charge is -2.10. The van der Waals surface area contributed by atoms with E-state index in [-0.39, 0.29) is 28.6 Å². The van der Waals surface area contributed by atoms with Gasteiger partial charge in [-0.15, -0.1) is 0 Å². The molecule has 0 saturated heterocycles. The number of nitrogens with zero attached hydrogens (tertiary/aromatic N) is 2. The molecule has 27 heavy (non-hydrogen) atoms. The minimum atomic E-state index is -3.78. The van der Waals surface area contributed by atoms with Gasteiger partial charge in [0, 0.05) is 23.2 Å². The predicted molar refractivity (Wildman–Crippen MR) is 106 cm³/mol. The summed E-state index contributed by atoms with van der Waals surface area (Å²) in [7, 11) is -3.78. The summed E-state index contributed by atoms with van der Waals surface area (Å²) in [5, 5.41) is 5.01. The molecular weight excluding hydrogens is 409 g/mol. The van der Waals surface area contributed by atoms with E-state index in [4.69, 9.17) is 23.2 Å². The fraction of sp³-hybridized carbons (Fsp3) is 0.111. The fourth-order valence-corrected chi connectivity index (χ4v) is 4.07. The fourth-order valence-electron chi connectivity index (χ4n) is 2.41. The minimum absolute atomic E-state index is 0.00939. The number of rotatable bonds is 6. The first kappa shape index (κ1) is 19.6. The standard InChI is InChI=1S/C18H15Cl2N3O3S/c19-14-7-5-13(6-8-14)16-9-10-18(24)23(22-16)12-11-21-27(25,26)17-4-2-1-3-15(17)20/h1-10,21H,11-12H2. The third kappa shape index (κ3) is 4.75. The van der Waals surface area contributed by atoms with E-state index in [1.807, 2.05) is 0 Å². The number of benzene rings is 2. The monoisotopic (exact) mass is 423 g/mol. The zero-order chi connectivity index (χ0) is 19.4. The van der Waals surface area contributed by atoms with E-state index in [1.165, 1.54) is 22.9 Å². The molecule has 9 heteroatoms. The second-order valence-electron chi connectivity index (χ2n) is 5.62. The summed E-state index contributed by atoms with van der Waals surface area (Å²) in [6.45, 7) is 0.0640. The molecule has 0 aliphatic carbocycles. The van der Waals surface area contributed by atoms with Crippen LogP contribution in [-0.4, -0.2) is 24.7 Å². The van der Waals surface area contributed by atoms with E-state index in [2.05, 4.69) is 9.82 Å². The molecule has 1 N–H and O–H groups in total. The molecule has 0 aliphatic rings. The molecule has 0 fully saturated rings. The molecule has 0 radical (unpaired) electrons. The van der Waals surface area contributed by atoms with E-state index in [0.29, 0.717) is 10.7 Å². The Labute approximate surface area is 166 Å². The van der Waals surface area contributed by atoms with Crippen LogP contribution in [0.1, 0.15) is 0 Å². The molecule has 1 aromatic heterocycles. The summed E-state index contributed by atoms with van der Waals surface area (Å²) in [6.07, 6.45) is 0. The Balaban J connectivity index is 1.75. The molecule has 3 rings (SSSR count). The van der Waals surface area contributed by atoms with Crippen LogP contribution in [0.15, 0.2) is 70.4 Å². The average molecular weight is 424 g/mol. The van der Waals surface area contributed by atoms with Crippen LogP contribution in [0.3, 0.4) is 0 Å². The van der Waals surface area contributed by atoms with Gasteiger partial charge in [-0.25, -0.2) is 17.8 Å². The summed E-state index contributed by atoms with van der Waals surface area (Å²) >= 11 is 11.8. The Bertz CT molecular complexity index is 1110. The highest BCUT2D eigenvalue weighted by molar-refractivity contribution is 7.89. The number of hydrogen-bond acceptors (Lipinski definition) is 4. The second kappa shape index (κ2) is 8.22. The number of aromatic nitrogens is 2. The molecule has 0 aliphatic heterocycles. The highest BCUT2D eigenvalue weighted by Crippen LogP contribution is 2.20. The van der Waals surface area contributed by atoms with Gasteiger partial charge in [-0.2, -0.15) is 5.10 Å². The van der Waals surface area contributed by atoms with E-state index in [1.54, 1.807) is 42.5 Å². The van der Waals surface area contributed by atoms with Gasteiger partial charge in [0.1, 0.15) is 4.90 Å². The quantitative estimate of drug-likeness (QED) is 0.659. The first-order valence-corrected chi connectivity index (χ1v) is 10.2. The molecule has 0 unspecified atom stereocenters. The summed E-state index contributed by atoms with van der Waals surface area (Å²) < 4.78 is 28.3. The van der Waals surface area contributed by atoms with Crippen molar-refractivity contribution in [1.82, 2.24) is 14.5 Å². The van der Waals surface area contributed by atoms with Crippen molar-refractivity contribution in [2.75, 3.05) is 6.54 Å². The third-order valence-corrected chi connectivity index (χ3v) is 5.96. The van der Waals surface area contributed by atoms with Crippen LogP contribution in [-0.2, 0) is 16.6 Å². The highest BCUT2D eigenvalue weighted by atomic mass is 35.5. The topological polar surface area (TPSA) is 81.1 Å². The molecule has 0 spiro atoms. The second-order valence-corrected chi connectivity index (χ2v) is 8.19. The van der Waals surface area contributed by atoms with Gasteiger partial charge in [-0.1, -0.05) is 47.5 Å². The first-order chi connectivity index (χ1) is 12.9. The van der Waals surface area contributed by atoms with Gasteiger partial charge in [0.25, 0.3) is 5.56 Å². The zero-order valence-electron chi connectivity index (χ0n) is 14.0. The lowest BCUT2D eigenvalue weighted by atomic mass is 10.1.